The number of anilines is 1. The number of benzene rings is 2. The Labute approximate surface area is 130 Å². The molecule has 0 saturated carbocycles. The molecule has 2 N–H and O–H groups in total. The Morgan fingerprint density at radius 3 is 2.64 bits per heavy atom. The van der Waals surface area contributed by atoms with Crippen LogP contribution in [-0.2, 0) is 6.42 Å². The van der Waals surface area contributed by atoms with Crippen LogP contribution in [0.2, 0.25) is 0 Å². The summed E-state index contributed by atoms with van der Waals surface area (Å²) in [5, 5.41) is 0. The molecule has 4 heteroatoms. The molecule has 0 amide bonds. The molecule has 1 heterocycles. The fourth-order valence-electron chi connectivity index (χ4n) is 2.62. The van der Waals surface area contributed by atoms with Crippen molar-refractivity contribution in [3.05, 3.63) is 78.4 Å². The van der Waals surface area contributed by atoms with Crippen LogP contribution in [0.1, 0.15) is 17.2 Å². The third-order valence-electron chi connectivity index (χ3n) is 3.77. The molecule has 4 nitrogen and oxygen atoms in total. The maximum absolute atomic E-state index is 5.89. The Kier molecular flexibility index (Phi) is 4.10. The van der Waals surface area contributed by atoms with Gasteiger partial charge in [0.05, 0.1) is 19.5 Å². The third kappa shape index (κ3) is 3.11. The van der Waals surface area contributed by atoms with Crippen LogP contribution in [0, 0.1) is 0 Å². The fraction of sp³-hybridized carbons (Fsp3) is 0.167. The first-order valence-electron chi connectivity index (χ1n) is 7.22. The van der Waals surface area contributed by atoms with Gasteiger partial charge in [-0.2, -0.15) is 0 Å². The van der Waals surface area contributed by atoms with Gasteiger partial charge in [-0.25, -0.2) is 4.98 Å². The summed E-state index contributed by atoms with van der Waals surface area (Å²) in [6.45, 7) is 0. The molecule has 0 bridgehead atoms. The first-order valence-corrected chi connectivity index (χ1v) is 7.22. The molecule has 0 aliphatic heterocycles. The zero-order valence-electron chi connectivity index (χ0n) is 12.5. The molecule has 0 aliphatic carbocycles. The molecule has 0 spiro atoms. The molecule has 3 aromatic rings. The minimum atomic E-state index is 0.176. The summed E-state index contributed by atoms with van der Waals surface area (Å²) in [7, 11) is 1.68. The second-order valence-corrected chi connectivity index (χ2v) is 5.25. The van der Waals surface area contributed by atoms with E-state index in [0.717, 1.165) is 17.9 Å². The molecule has 1 aromatic heterocycles. The first kappa shape index (κ1) is 14.2. The predicted molar refractivity (Wildman–Crippen MR) is 87.9 cm³/mol. The van der Waals surface area contributed by atoms with Crippen molar-refractivity contribution in [3.8, 4) is 5.75 Å². The maximum atomic E-state index is 5.89. The average molecular weight is 293 g/mol. The van der Waals surface area contributed by atoms with Crippen molar-refractivity contribution >= 4 is 5.69 Å². The van der Waals surface area contributed by atoms with E-state index in [-0.39, 0.29) is 6.04 Å². The van der Waals surface area contributed by atoms with E-state index in [2.05, 4.69) is 27.8 Å². The standard InChI is InChI=1S/C18H19N3O/c1-22-17-7-5-15(6-8-17)18(21-10-9-20-13-21)12-14-3-2-4-16(19)11-14/h2-11,13,18H,12,19H2,1H3. The van der Waals surface area contributed by atoms with E-state index in [0.29, 0.717) is 0 Å². The lowest BCUT2D eigenvalue weighted by Gasteiger charge is -2.20. The van der Waals surface area contributed by atoms with E-state index < -0.39 is 0 Å². The summed E-state index contributed by atoms with van der Waals surface area (Å²) in [6.07, 6.45) is 6.49. The minimum absolute atomic E-state index is 0.176. The number of imidazole rings is 1. The van der Waals surface area contributed by atoms with Crippen molar-refractivity contribution < 1.29 is 4.74 Å². The highest BCUT2D eigenvalue weighted by atomic mass is 16.5. The number of aromatic nitrogens is 2. The van der Waals surface area contributed by atoms with Crippen LogP contribution in [0.3, 0.4) is 0 Å². The number of rotatable bonds is 5. The van der Waals surface area contributed by atoms with Gasteiger partial charge in [-0.3, -0.25) is 0 Å². The molecular weight excluding hydrogens is 274 g/mol. The molecule has 1 atom stereocenters. The van der Waals surface area contributed by atoms with Crippen molar-refractivity contribution in [3.63, 3.8) is 0 Å². The van der Waals surface area contributed by atoms with E-state index in [4.69, 9.17) is 10.5 Å². The number of ether oxygens (including phenoxy) is 1. The molecule has 0 fully saturated rings. The van der Waals surface area contributed by atoms with Gasteiger partial charge in [0.1, 0.15) is 5.75 Å². The molecule has 1 unspecified atom stereocenters. The summed E-state index contributed by atoms with van der Waals surface area (Å²) in [5.41, 5.74) is 9.10. The molecule has 3 rings (SSSR count). The van der Waals surface area contributed by atoms with Crippen LogP contribution in [0.4, 0.5) is 5.69 Å². The maximum Gasteiger partial charge on any atom is 0.118 e. The zero-order chi connectivity index (χ0) is 15.4. The number of hydrogen-bond acceptors (Lipinski definition) is 3. The summed E-state index contributed by atoms with van der Waals surface area (Å²) in [5.74, 6) is 0.858. The molecule has 112 valence electrons. The van der Waals surface area contributed by atoms with Gasteiger partial charge in [-0.15, -0.1) is 0 Å². The number of methoxy groups -OCH3 is 1. The van der Waals surface area contributed by atoms with Crippen molar-refractivity contribution in [2.45, 2.75) is 12.5 Å². The van der Waals surface area contributed by atoms with E-state index in [1.54, 1.807) is 13.3 Å². The van der Waals surface area contributed by atoms with Gasteiger partial charge in [-0.05, 0) is 41.8 Å². The summed E-state index contributed by atoms with van der Waals surface area (Å²) in [4.78, 5) is 4.18. The quantitative estimate of drug-likeness (QED) is 0.734. The van der Waals surface area contributed by atoms with Gasteiger partial charge in [0, 0.05) is 18.1 Å². The monoisotopic (exact) mass is 293 g/mol. The highest BCUT2D eigenvalue weighted by molar-refractivity contribution is 5.41. The largest absolute Gasteiger partial charge is 0.497 e. The van der Waals surface area contributed by atoms with Crippen molar-refractivity contribution in [2.75, 3.05) is 12.8 Å². The lowest BCUT2D eigenvalue weighted by atomic mass is 9.98. The van der Waals surface area contributed by atoms with Gasteiger partial charge in [0.15, 0.2) is 0 Å². The van der Waals surface area contributed by atoms with Gasteiger partial charge >= 0.3 is 0 Å². The summed E-state index contributed by atoms with van der Waals surface area (Å²) < 4.78 is 7.35. The van der Waals surface area contributed by atoms with Gasteiger partial charge < -0.3 is 15.0 Å². The van der Waals surface area contributed by atoms with E-state index in [1.165, 1.54) is 11.1 Å². The fourth-order valence-corrected chi connectivity index (χ4v) is 2.62. The Morgan fingerprint density at radius 2 is 2.00 bits per heavy atom. The van der Waals surface area contributed by atoms with Crippen LogP contribution in [0.25, 0.3) is 0 Å². The molecule has 0 aliphatic rings. The van der Waals surface area contributed by atoms with Crippen molar-refractivity contribution in [2.24, 2.45) is 0 Å². The minimum Gasteiger partial charge on any atom is -0.497 e. The van der Waals surface area contributed by atoms with Crippen LogP contribution in [0.15, 0.2) is 67.3 Å². The number of nitrogen functional groups attached to an aromatic ring is 1. The number of nitrogens with zero attached hydrogens (tertiary/aromatic N) is 2. The van der Waals surface area contributed by atoms with E-state index >= 15 is 0 Å². The van der Waals surface area contributed by atoms with Crippen LogP contribution < -0.4 is 10.5 Å². The molecular formula is C18H19N3O. The second kappa shape index (κ2) is 6.35. The SMILES string of the molecule is COc1ccc(C(Cc2cccc(N)c2)n2ccnc2)cc1. The molecule has 22 heavy (non-hydrogen) atoms. The zero-order valence-corrected chi connectivity index (χ0v) is 12.5. The topological polar surface area (TPSA) is 53.1 Å². The van der Waals surface area contributed by atoms with Gasteiger partial charge in [0.25, 0.3) is 0 Å². The molecule has 2 aromatic carbocycles. The average Bonchev–Trinajstić information content (AvgIpc) is 3.07. The first-order chi connectivity index (χ1) is 10.8. The van der Waals surface area contributed by atoms with Gasteiger partial charge in [-0.1, -0.05) is 24.3 Å². The van der Waals surface area contributed by atoms with Gasteiger partial charge in [0.2, 0.25) is 0 Å². The highest BCUT2D eigenvalue weighted by Crippen LogP contribution is 2.25. The Balaban J connectivity index is 1.93. The normalized spacial score (nSPS) is 12.0. The Bertz CT molecular complexity index is 720. The molecule has 0 radical (unpaired) electrons. The Morgan fingerprint density at radius 1 is 1.18 bits per heavy atom. The Hall–Kier alpha value is -2.75. The van der Waals surface area contributed by atoms with Crippen molar-refractivity contribution in [1.29, 1.82) is 0 Å². The van der Waals surface area contributed by atoms with Crippen LogP contribution >= 0.6 is 0 Å². The number of hydrogen-bond donors (Lipinski definition) is 1. The summed E-state index contributed by atoms with van der Waals surface area (Å²) >= 11 is 0. The summed E-state index contributed by atoms with van der Waals surface area (Å²) in [6, 6.07) is 16.3. The van der Waals surface area contributed by atoms with Crippen molar-refractivity contribution in [1.82, 2.24) is 9.55 Å². The second-order valence-electron chi connectivity index (χ2n) is 5.25. The van der Waals surface area contributed by atoms with Crippen LogP contribution in [-0.4, -0.2) is 16.7 Å². The third-order valence-corrected chi connectivity index (χ3v) is 3.77. The smallest absolute Gasteiger partial charge is 0.118 e. The highest BCUT2D eigenvalue weighted by Gasteiger charge is 2.14. The molecule has 0 saturated heterocycles. The number of nitrogens with two attached hydrogens (primary N) is 1. The lowest BCUT2D eigenvalue weighted by molar-refractivity contribution is 0.414. The van der Waals surface area contributed by atoms with E-state index in [1.807, 2.05) is 42.9 Å². The van der Waals surface area contributed by atoms with Crippen LogP contribution in [0.5, 0.6) is 5.75 Å². The predicted octanol–water partition coefficient (Wildman–Crippen LogP) is 3.31. The van der Waals surface area contributed by atoms with E-state index in [9.17, 15) is 0 Å². The lowest BCUT2D eigenvalue weighted by Crippen LogP contribution is -2.12.